The second kappa shape index (κ2) is 8.17. The van der Waals surface area contributed by atoms with Crippen LogP contribution >= 0.6 is 34.5 Å². The average Bonchev–Trinajstić information content (AvgIpc) is 3.03. The van der Waals surface area contributed by atoms with Crippen molar-refractivity contribution in [2.45, 2.75) is 32.7 Å². The lowest BCUT2D eigenvalue weighted by Gasteiger charge is -2.18. The Kier molecular flexibility index (Phi) is 5.94. The lowest BCUT2D eigenvalue weighted by atomic mass is 10.1. The first-order valence-electron chi connectivity index (χ1n) is 8.24. The summed E-state index contributed by atoms with van der Waals surface area (Å²) in [5.74, 6) is 0. The van der Waals surface area contributed by atoms with E-state index in [4.69, 9.17) is 28.2 Å². The summed E-state index contributed by atoms with van der Waals surface area (Å²) in [4.78, 5) is 9.92. The molecule has 0 amide bonds. The zero-order valence-electron chi connectivity index (χ0n) is 14.1. The molecule has 0 aliphatic heterocycles. The van der Waals surface area contributed by atoms with Crippen LogP contribution in [0.3, 0.4) is 0 Å². The molecule has 0 aliphatic rings. The molecule has 3 rings (SSSR count). The Hall–Kier alpha value is -1.62. The molecule has 0 unspecified atom stereocenters. The van der Waals surface area contributed by atoms with E-state index in [-0.39, 0.29) is 0 Å². The number of aromatic nitrogens is 2. The second-order valence-electron chi connectivity index (χ2n) is 5.70. The highest BCUT2D eigenvalue weighted by molar-refractivity contribution is 7.07. The molecule has 3 aromatic rings. The van der Waals surface area contributed by atoms with Gasteiger partial charge in [0, 0.05) is 23.2 Å². The molecule has 0 saturated heterocycles. The highest BCUT2D eigenvalue weighted by Gasteiger charge is 2.16. The van der Waals surface area contributed by atoms with Gasteiger partial charge >= 0.3 is 0 Å². The highest BCUT2D eigenvalue weighted by atomic mass is 35.5. The molecule has 0 N–H and O–H groups in total. The van der Waals surface area contributed by atoms with Gasteiger partial charge in [-0.1, -0.05) is 43.1 Å². The summed E-state index contributed by atoms with van der Waals surface area (Å²) < 4.78 is 2.30. The Bertz CT molecular complexity index is 912. The van der Waals surface area contributed by atoms with E-state index >= 15 is 0 Å². The van der Waals surface area contributed by atoms with Crippen molar-refractivity contribution in [2.75, 3.05) is 0 Å². The molecular formula is C19H19Cl2N3S. The molecule has 0 bridgehead atoms. The number of halogens is 2. The minimum Gasteiger partial charge on any atom is -0.313 e. The summed E-state index contributed by atoms with van der Waals surface area (Å²) in [7, 11) is 0. The van der Waals surface area contributed by atoms with Crippen molar-refractivity contribution in [2.24, 2.45) is 4.99 Å². The van der Waals surface area contributed by atoms with E-state index < -0.39 is 0 Å². The van der Waals surface area contributed by atoms with Gasteiger partial charge in [-0.25, -0.2) is 4.99 Å². The molecule has 0 spiro atoms. The van der Waals surface area contributed by atoms with Crippen molar-refractivity contribution < 1.29 is 0 Å². The number of hydrogen-bond acceptors (Lipinski definition) is 3. The standard InChI is InChI=1S/C19H19Cl2N3S/c1-3-15(4-2)24-18(13-7-8-16(20)17(21)10-13)12-25-19(24)23-14-6-5-9-22-11-14/h5-12,15H,3-4H2,1-2H3. The third-order valence-electron chi connectivity index (χ3n) is 4.14. The predicted molar refractivity (Wildman–Crippen MR) is 107 cm³/mol. The van der Waals surface area contributed by atoms with Crippen molar-refractivity contribution in [3.8, 4) is 11.3 Å². The molecule has 0 atom stereocenters. The first-order chi connectivity index (χ1) is 12.1. The number of nitrogens with zero attached hydrogens (tertiary/aromatic N) is 3. The third-order valence-corrected chi connectivity index (χ3v) is 5.71. The maximum atomic E-state index is 6.23. The van der Waals surface area contributed by atoms with Gasteiger partial charge in [-0.15, -0.1) is 11.3 Å². The Morgan fingerprint density at radius 1 is 1.16 bits per heavy atom. The summed E-state index contributed by atoms with van der Waals surface area (Å²) in [5, 5.41) is 3.26. The van der Waals surface area contributed by atoms with Gasteiger partial charge in [0.25, 0.3) is 0 Å². The molecule has 2 aromatic heterocycles. The highest BCUT2D eigenvalue weighted by Crippen LogP contribution is 2.31. The lowest BCUT2D eigenvalue weighted by molar-refractivity contribution is 0.466. The largest absolute Gasteiger partial charge is 0.313 e. The number of rotatable bonds is 5. The third kappa shape index (κ3) is 3.97. The average molecular weight is 392 g/mol. The second-order valence-corrected chi connectivity index (χ2v) is 7.35. The maximum Gasteiger partial charge on any atom is 0.190 e. The quantitative estimate of drug-likeness (QED) is 0.487. The van der Waals surface area contributed by atoms with Crippen molar-refractivity contribution >= 4 is 40.2 Å². The van der Waals surface area contributed by atoms with Gasteiger partial charge in [-0.05, 0) is 37.1 Å². The zero-order chi connectivity index (χ0) is 17.8. The topological polar surface area (TPSA) is 30.2 Å². The van der Waals surface area contributed by atoms with Crippen molar-refractivity contribution in [3.05, 3.63) is 63.0 Å². The number of thiazole rings is 1. The van der Waals surface area contributed by atoms with Crippen LogP contribution in [0.1, 0.15) is 32.7 Å². The van der Waals surface area contributed by atoms with Crippen LogP contribution < -0.4 is 4.80 Å². The van der Waals surface area contributed by atoms with E-state index in [0.717, 1.165) is 34.6 Å². The molecule has 6 heteroatoms. The molecule has 1 aromatic carbocycles. The fraction of sp³-hybridized carbons (Fsp3) is 0.263. The summed E-state index contributed by atoms with van der Waals surface area (Å²) in [6, 6.07) is 9.98. The first-order valence-corrected chi connectivity index (χ1v) is 9.87. The van der Waals surface area contributed by atoms with Gasteiger partial charge in [0.2, 0.25) is 0 Å². The summed E-state index contributed by atoms with van der Waals surface area (Å²) in [5.41, 5.74) is 3.01. The maximum absolute atomic E-state index is 6.23. The fourth-order valence-electron chi connectivity index (χ4n) is 2.80. The van der Waals surface area contributed by atoms with Crippen LogP contribution in [-0.2, 0) is 0 Å². The fourth-order valence-corrected chi connectivity index (χ4v) is 4.09. The van der Waals surface area contributed by atoms with Crippen LogP contribution in [0, 0.1) is 0 Å². The van der Waals surface area contributed by atoms with Crippen LogP contribution in [0.15, 0.2) is 53.1 Å². The number of hydrogen-bond donors (Lipinski definition) is 0. The number of pyridine rings is 1. The molecule has 2 heterocycles. The zero-order valence-corrected chi connectivity index (χ0v) is 16.4. The van der Waals surface area contributed by atoms with Gasteiger partial charge < -0.3 is 4.57 Å². The van der Waals surface area contributed by atoms with Crippen LogP contribution in [0.4, 0.5) is 5.69 Å². The van der Waals surface area contributed by atoms with E-state index in [2.05, 4.69) is 28.8 Å². The molecule has 25 heavy (non-hydrogen) atoms. The van der Waals surface area contributed by atoms with Crippen molar-refractivity contribution in [1.82, 2.24) is 9.55 Å². The van der Waals surface area contributed by atoms with Gasteiger partial charge in [-0.3, -0.25) is 4.98 Å². The number of benzene rings is 1. The SMILES string of the molecule is CCC(CC)n1c(-c2ccc(Cl)c(Cl)c2)csc1=Nc1cccnc1. The summed E-state index contributed by atoms with van der Waals surface area (Å²) in [6.45, 7) is 4.40. The van der Waals surface area contributed by atoms with Crippen LogP contribution in [0.2, 0.25) is 10.0 Å². The molecular weight excluding hydrogens is 373 g/mol. The Balaban J connectivity index is 2.19. The molecule has 0 aliphatic carbocycles. The summed E-state index contributed by atoms with van der Waals surface area (Å²) in [6.07, 6.45) is 5.59. The van der Waals surface area contributed by atoms with E-state index in [1.807, 2.05) is 30.3 Å². The molecule has 130 valence electrons. The van der Waals surface area contributed by atoms with Crippen LogP contribution in [0.25, 0.3) is 11.3 Å². The minimum atomic E-state index is 0.367. The Morgan fingerprint density at radius 2 is 1.96 bits per heavy atom. The molecule has 0 saturated carbocycles. The van der Waals surface area contributed by atoms with E-state index in [9.17, 15) is 0 Å². The first kappa shape index (κ1) is 18.2. The van der Waals surface area contributed by atoms with Gasteiger partial charge in [0.15, 0.2) is 4.80 Å². The monoisotopic (exact) mass is 391 g/mol. The molecule has 3 nitrogen and oxygen atoms in total. The van der Waals surface area contributed by atoms with E-state index in [1.165, 1.54) is 0 Å². The van der Waals surface area contributed by atoms with Crippen molar-refractivity contribution in [1.29, 1.82) is 0 Å². The van der Waals surface area contributed by atoms with E-state index in [0.29, 0.717) is 16.1 Å². The van der Waals surface area contributed by atoms with Crippen LogP contribution in [0.5, 0.6) is 0 Å². The molecule has 0 fully saturated rings. The van der Waals surface area contributed by atoms with E-state index in [1.54, 1.807) is 23.7 Å². The Labute approximate surface area is 161 Å². The smallest absolute Gasteiger partial charge is 0.190 e. The van der Waals surface area contributed by atoms with Crippen molar-refractivity contribution in [3.63, 3.8) is 0 Å². The van der Waals surface area contributed by atoms with Gasteiger partial charge in [-0.2, -0.15) is 0 Å². The minimum absolute atomic E-state index is 0.367. The lowest BCUT2D eigenvalue weighted by Crippen LogP contribution is -2.21. The Morgan fingerprint density at radius 3 is 2.60 bits per heavy atom. The normalized spacial score (nSPS) is 12.1. The molecule has 0 radical (unpaired) electrons. The predicted octanol–water partition coefficient (Wildman–Crippen LogP) is 6.51. The van der Waals surface area contributed by atoms with Gasteiger partial charge in [0.05, 0.1) is 27.6 Å². The van der Waals surface area contributed by atoms with Crippen LogP contribution in [-0.4, -0.2) is 9.55 Å². The van der Waals surface area contributed by atoms with Gasteiger partial charge in [0.1, 0.15) is 0 Å². The summed E-state index contributed by atoms with van der Waals surface area (Å²) >= 11 is 13.9.